The van der Waals surface area contributed by atoms with Gasteiger partial charge in [0.1, 0.15) is 0 Å². The Balaban J connectivity index is 1.40. The van der Waals surface area contributed by atoms with Crippen LogP contribution in [-0.4, -0.2) is 85.5 Å². The van der Waals surface area contributed by atoms with E-state index in [1.807, 2.05) is 40.1 Å². The smallest absolute Gasteiger partial charge is 0.320 e. The maximum Gasteiger partial charge on any atom is 0.320 e. The molecule has 2 fully saturated rings. The zero-order chi connectivity index (χ0) is 16.8. The summed E-state index contributed by atoms with van der Waals surface area (Å²) in [6.07, 6.45) is 0.529. The maximum absolute atomic E-state index is 12.4. The molecule has 2 heterocycles. The van der Waals surface area contributed by atoms with E-state index in [1.54, 1.807) is 0 Å². The predicted molar refractivity (Wildman–Crippen MR) is 91.2 cm³/mol. The van der Waals surface area contributed by atoms with E-state index >= 15 is 0 Å². The molecule has 0 unspecified atom stereocenters. The Morgan fingerprint density at radius 2 is 1.50 bits per heavy atom. The van der Waals surface area contributed by atoms with Gasteiger partial charge in [-0.3, -0.25) is 9.69 Å². The van der Waals surface area contributed by atoms with Gasteiger partial charge in [-0.05, 0) is 0 Å². The molecule has 2 aliphatic heterocycles. The van der Waals surface area contributed by atoms with E-state index in [0.717, 1.165) is 38.3 Å². The first-order chi connectivity index (χ1) is 11.7. The monoisotopic (exact) mass is 331 g/mol. The maximum atomic E-state index is 12.4. The number of ether oxygens (including phenoxy) is 1. The molecule has 6 nitrogen and oxygen atoms in total. The molecular formula is C18H25N3O3. The second-order valence-electron chi connectivity index (χ2n) is 6.25. The molecule has 3 rings (SSSR count). The van der Waals surface area contributed by atoms with Crippen molar-refractivity contribution in [3.05, 3.63) is 35.9 Å². The minimum atomic E-state index is 0.123. The Morgan fingerprint density at radius 3 is 2.17 bits per heavy atom. The van der Waals surface area contributed by atoms with Crippen molar-refractivity contribution in [2.75, 3.05) is 59.0 Å². The molecule has 0 N–H and O–H groups in total. The van der Waals surface area contributed by atoms with Crippen LogP contribution in [0.5, 0.6) is 0 Å². The zero-order valence-corrected chi connectivity index (χ0v) is 14.0. The number of hydrogen-bond acceptors (Lipinski definition) is 4. The first-order valence-electron chi connectivity index (χ1n) is 8.66. The molecule has 2 aliphatic rings. The summed E-state index contributed by atoms with van der Waals surface area (Å²) in [7, 11) is 0. The first kappa shape index (κ1) is 16.9. The minimum absolute atomic E-state index is 0.123. The third-order valence-corrected chi connectivity index (χ3v) is 4.68. The topological polar surface area (TPSA) is 53.1 Å². The van der Waals surface area contributed by atoms with Crippen LogP contribution in [0.1, 0.15) is 16.8 Å². The number of carbonyl (C=O) groups is 2. The van der Waals surface area contributed by atoms with E-state index in [2.05, 4.69) is 4.90 Å². The number of urea groups is 1. The summed E-state index contributed by atoms with van der Waals surface area (Å²) in [6, 6.07) is 9.55. The van der Waals surface area contributed by atoms with Gasteiger partial charge >= 0.3 is 6.03 Å². The van der Waals surface area contributed by atoms with Crippen molar-refractivity contribution >= 4 is 11.8 Å². The molecule has 0 spiro atoms. The van der Waals surface area contributed by atoms with Crippen molar-refractivity contribution in [1.29, 1.82) is 0 Å². The van der Waals surface area contributed by atoms with Gasteiger partial charge in [0, 0.05) is 57.8 Å². The van der Waals surface area contributed by atoms with Crippen LogP contribution in [0.15, 0.2) is 30.3 Å². The lowest BCUT2D eigenvalue weighted by molar-refractivity contribution is 0.0376. The van der Waals surface area contributed by atoms with Crippen molar-refractivity contribution < 1.29 is 14.3 Å². The fourth-order valence-electron chi connectivity index (χ4n) is 3.15. The van der Waals surface area contributed by atoms with Crippen LogP contribution in [0.25, 0.3) is 0 Å². The standard InChI is InChI=1S/C18H25N3O3/c22-17(16-4-2-1-3-5-16)6-7-19-8-10-20(11-9-19)18(23)21-12-14-24-15-13-21/h1-5H,6-15H2. The second-order valence-corrected chi connectivity index (χ2v) is 6.25. The van der Waals surface area contributed by atoms with Gasteiger partial charge in [-0.1, -0.05) is 30.3 Å². The molecular weight excluding hydrogens is 306 g/mol. The molecule has 2 amide bonds. The summed E-state index contributed by atoms with van der Waals surface area (Å²) in [4.78, 5) is 30.6. The van der Waals surface area contributed by atoms with Gasteiger partial charge in [-0.25, -0.2) is 4.79 Å². The Bertz CT molecular complexity index is 550. The molecule has 0 saturated carbocycles. The fourth-order valence-corrected chi connectivity index (χ4v) is 3.15. The summed E-state index contributed by atoms with van der Waals surface area (Å²) in [6.45, 7) is 6.52. The third kappa shape index (κ3) is 4.33. The normalized spacial score (nSPS) is 19.3. The van der Waals surface area contributed by atoms with E-state index < -0.39 is 0 Å². The SMILES string of the molecule is O=C(CCN1CCN(C(=O)N2CCOCC2)CC1)c1ccccc1. The second kappa shape index (κ2) is 8.26. The molecule has 0 atom stereocenters. The highest BCUT2D eigenvalue weighted by Gasteiger charge is 2.26. The number of nitrogens with zero attached hydrogens (tertiary/aromatic N) is 3. The highest BCUT2D eigenvalue weighted by molar-refractivity contribution is 5.96. The Labute approximate surface area is 143 Å². The van der Waals surface area contributed by atoms with E-state index in [0.29, 0.717) is 32.7 Å². The number of rotatable bonds is 4. The van der Waals surface area contributed by atoms with Crippen molar-refractivity contribution in [1.82, 2.24) is 14.7 Å². The summed E-state index contributed by atoms with van der Waals surface area (Å²) in [5.41, 5.74) is 0.777. The van der Waals surface area contributed by atoms with Crippen molar-refractivity contribution in [3.63, 3.8) is 0 Å². The third-order valence-electron chi connectivity index (χ3n) is 4.68. The largest absolute Gasteiger partial charge is 0.378 e. The molecule has 0 aromatic heterocycles. The Morgan fingerprint density at radius 1 is 0.875 bits per heavy atom. The average Bonchev–Trinajstić information content (AvgIpc) is 2.67. The number of ketones is 1. The van der Waals surface area contributed by atoms with Gasteiger partial charge in [0.15, 0.2) is 5.78 Å². The minimum Gasteiger partial charge on any atom is -0.378 e. The summed E-state index contributed by atoms with van der Waals surface area (Å²) in [5, 5.41) is 0. The van der Waals surface area contributed by atoms with Crippen LogP contribution in [0.2, 0.25) is 0 Å². The van der Waals surface area contributed by atoms with Gasteiger partial charge in [-0.15, -0.1) is 0 Å². The van der Waals surface area contributed by atoms with Crippen LogP contribution < -0.4 is 0 Å². The van der Waals surface area contributed by atoms with Gasteiger partial charge < -0.3 is 14.5 Å². The number of carbonyl (C=O) groups excluding carboxylic acids is 2. The van der Waals surface area contributed by atoms with Crippen LogP contribution >= 0.6 is 0 Å². The van der Waals surface area contributed by atoms with Gasteiger partial charge in [0.2, 0.25) is 0 Å². The lowest BCUT2D eigenvalue weighted by Crippen LogP contribution is -2.54. The quantitative estimate of drug-likeness (QED) is 0.781. The number of morpholine rings is 1. The predicted octanol–water partition coefficient (Wildman–Crippen LogP) is 1.33. The molecule has 130 valence electrons. The summed E-state index contributed by atoms with van der Waals surface area (Å²) in [5.74, 6) is 0.183. The first-order valence-corrected chi connectivity index (χ1v) is 8.66. The summed E-state index contributed by atoms with van der Waals surface area (Å²) < 4.78 is 5.29. The molecule has 2 saturated heterocycles. The summed E-state index contributed by atoms with van der Waals surface area (Å²) >= 11 is 0. The fraction of sp³-hybridized carbons (Fsp3) is 0.556. The van der Waals surface area contributed by atoms with Crippen molar-refractivity contribution in [2.45, 2.75) is 6.42 Å². The molecule has 6 heteroatoms. The molecule has 24 heavy (non-hydrogen) atoms. The number of hydrogen-bond donors (Lipinski definition) is 0. The van der Waals surface area contributed by atoms with E-state index in [1.165, 1.54) is 0 Å². The number of piperazine rings is 1. The van der Waals surface area contributed by atoms with Crippen molar-refractivity contribution in [3.8, 4) is 0 Å². The van der Waals surface area contributed by atoms with Gasteiger partial charge in [0.25, 0.3) is 0 Å². The number of Topliss-reactive ketones (excluding diaryl/α,β-unsaturated/α-hetero) is 1. The van der Waals surface area contributed by atoms with Crippen molar-refractivity contribution in [2.24, 2.45) is 0 Å². The Kier molecular flexibility index (Phi) is 5.82. The molecule has 0 bridgehead atoms. The molecule has 0 radical (unpaired) electrons. The Hall–Kier alpha value is -1.92. The van der Waals surface area contributed by atoms with E-state index in [4.69, 9.17) is 4.74 Å². The van der Waals surface area contributed by atoms with Gasteiger partial charge in [0.05, 0.1) is 13.2 Å². The number of amides is 2. The van der Waals surface area contributed by atoms with Crippen LogP contribution in [0.4, 0.5) is 4.79 Å². The van der Waals surface area contributed by atoms with Crippen LogP contribution in [0.3, 0.4) is 0 Å². The van der Waals surface area contributed by atoms with E-state index in [9.17, 15) is 9.59 Å². The van der Waals surface area contributed by atoms with Gasteiger partial charge in [-0.2, -0.15) is 0 Å². The lowest BCUT2D eigenvalue weighted by Gasteiger charge is -2.38. The molecule has 1 aromatic carbocycles. The highest BCUT2D eigenvalue weighted by Crippen LogP contribution is 2.10. The highest BCUT2D eigenvalue weighted by atomic mass is 16.5. The number of benzene rings is 1. The lowest BCUT2D eigenvalue weighted by atomic mass is 10.1. The average molecular weight is 331 g/mol. The zero-order valence-electron chi connectivity index (χ0n) is 14.0. The van der Waals surface area contributed by atoms with Crippen LogP contribution in [-0.2, 0) is 4.74 Å². The molecule has 0 aliphatic carbocycles. The molecule has 1 aromatic rings. The van der Waals surface area contributed by atoms with E-state index in [-0.39, 0.29) is 11.8 Å². The van der Waals surface area contributed by atoms with Crippen LogP contribution in [0, 0.1) is 0 Å².